The average molecular weight is 294 g/mol. The molecule has 118 valence electrons. The van der Waals surface area contributed by atoms with Crippen molar-refractivity contribution in [3.8, 4) is 0 Å². The molecule has 0 bridgehead atoms. The van der Waals surface area contributed by atoms with E-state index < -0.39 is 17.4 Å². The van der Waals surface area contributed by atoms with Crippen LogP contribution in [-0.2, 0) is 19.1 Å². The molecule has 0 aromatic heterocycles. The summed E-state index contributed by atoms with van der Waals surface area (Å²) in [6.07, 6.45) is 6.96. The van der Waals surface area contributed by atoms with Gasteiger partial charge in [0.15, 0.2) is 5.41 Å². The average Bonchev–Trinajstić information content (AvgIpc) is 2.45. The molecule has 0 spiro atoms. The molecular weight excluding hydrogens is 268 g/mol. The lowest BCUT2D eigenvalue weighted by Crippen LogP contribution is -2.48. The van der Waals surface area contributed by atoms with E-state index in [0.29, 0.717) is 0 Å². The predicted octanol–water partition coefficient (Wildman–Crippen LogP) is 3.42. The summed E-state index contributed by atoms with van der Waals surface area (Å²) >= 11 is 0. The highest BCUT2D eigenvalue weighted by Crippen LogP contribution is 2.42. The number of carbonyl (C=O) groups excluding carboxylic acids is 2. The summed E-state index contributed by atoms with van der Waals surface area (Å²) in [7, 11) is 0. The molecule has 21 heavy (non-hydrogen) atoms. The number of allylic oxidation sites excluding steroid dienone is 3. The van der Waals surface area contributed by atoms with Crippen molar-refractivity contribution in [3.05, 3.63) is 24.3 Å². The molecule has 1 aliphatic rings. The zero-order valence-corrected chi connectivity index (χ0v) is 13.3. The highest BCUT2D eigenvalue weighted by Gasteiger charge is 2.53. The Bertz CT molecular complexity index is 405. The Hall–Kier alpha value is -1.58. The van der Waals surface area contributed by atoms with Crippen LogP contribution < -0.4 is 0 Å². The van der Waals surface area contributed by atoms with Crippen LogP contribution in [0.4, 0.5) is 0 Å². The molecule has 0 heterocycles. The first-order valence-electron chi connectivity index (χ1n) is 7.64. The minimum Gasteiger partial charge on any atom is -0.465 e. The summed E-state index contributed by atoms with van der Waals surface area (Å²) in [5, 5.41) is 0. The second-order valence-corrected chi connectivity index (χ2v) is 5.51. The van der Waals surface area contributed by atoms with Crippen molar-refractivity contribution in [2.24, 2.45) is 11.3 Å². The molecule has 0 radical (unpaired) electrons. The first kappa shape index (κ1) is 17.5. The molecule has 1 atom stereocenters. The highest BCUT2D eigenvalue weighted by atomic mass is 16.6. The van der Waals surface area contributed by atoms with Gasteiger partial charge in [0.25, 0.3) is 0 Å². The van der Waals surface area contributed by atoms with Crippen LogP contribution in [-0.4, -0.2) is 25.2 Å². The van der Waals surface area contributed by atoms with Gasteiger partial charge >= 0.3 is 11.9 Å². The lowest BCUT2D eigenvalue weighted by molar-refractivity contribution is -0.175. The fraction of sp³-hybridized carbons (Fsp3) is 0.647. The minimum atomic E-state index is -1.30. The fourth-order valence-corrected chi connectivity index (χ4v) is 2.88. The molecule has 1 unspecified atom stereocenters. The van der Waals surface area contributed by atoms with Crippen molar-refractivity contribution < 1.29 is 19.1 Å². The molecule has 0 amide bonds. The second kappa shape index (κ2) is 8.01. The maximum Gasteiger partial charge on any atom is 0.324 e. The monoisotopic (exact) mass is 294 g/mol. The highest BCUT2D eigenvalue weighted by molar-refractivity contribution is 6.01. The number of rotatable bonds is 7. The van der Waals surface area contributed by atoms with E-state index in [-0.39, 0.29) is 25.6 Å². The van der Waals surface area contributed by atoms with Crippen LogP contribution in [0.3, 0.4) is 0 Å². The van der Waals surface area contributed by atoms with E-state index in [4.69, 9.17) is 9.47 Å². The lowest BCUT2D eigenvalue weighted by Gasteiger charge is -2.36. The van der Waals surface area contributed by atoms with Gasteiger partial charge in [-0.1, -0.05) is 17.7 Å². The predicted molar refractivity (Wildman–Crippen MR) is 81.6 cm³/mol. The van der Waals surface area contributed by atoms with Gasteiger partial charge < -0.3 is 9.47 Å². The fourth-order valence-electron chi connectivity index (χ4n) is 2.88. The maximum atomic E-state index is 12.6. The van der Waals surface area contributed by atoms with Crippen molar-refractivity contribution in [1.82, 2.24) is 0 Å². The number of ether oxygens (including phenoxy) is 2. The van der Waals surface area contributed by atoms with Gasteiger partial charge in [0.2, 0.25) is 0 Å². The Morgan fingerprint density at radius 1 is 1.24 bits per heavy atom. The van der Waals surface area contributed by atoms with Crippen LogP contribution >= 0.6 is 0 Å². The van der Waals surface area contributed by atoms with Gasteiger partial charge in [-0.15, -0.1) is 6.58 Å². The molecule has 4 heteroatoms. The van der Waals surface area contributed by atoms with Gasteiger partial charge in [-0.05, 0) is 46.5 Å². The van der Waals surface area contributed by atoms with Crippen molar-refractivity contribution in [3.63, 3.8) is 0 Å². The summed E-state index contributed by atoms with van der Waals surface area (Å²) in [5.41, 5.74) is -0.524. The van der Waals surface area contributed by atoms with Crippen LogP contribution in [0, 0.1) is 11.3 Å². The van der Waals surface area contributed by atoms with Gasteiger partial charge in [0.1, 0.15) is 0 Å². The minimum absolute atomic E-state index is 0.193. The van der Waals surface area contributed by atoms with Crippen molar-refractivity contribution in [2.45, 2.75) is 46.5 Å². The topological polar surface area (TPSA) is 52.6 Å². The van der Waals surface area contributed by atoms with Gasteiger partial charge in [-0.3, -0.25) is 9.59 Å². The molecule has 0 fully saturated rings. The van der Waals surface area contributed by atoms with Gasteiger partial charge in [0.05, 0.1) is 13.2 Å². The number of esters is 2. The van der Waals surface area contributed by atoms with Gasteiger partial charge in [0, 0.05) is 5.92 Å². The summed E-state index contributed by atoms with van der Waals surface area (Å²) in [4.78, 5) is 25.2. The van der Waals surface area contributed by atoms with Crippen LogP contribution in [0.15, 0.2) is 24.3 Å². The third kappa shape index (κ3) is 3.96. The van der Waals surface area contributed by atoms with Crippen LogP contribution in [0.1, 0.15) is 46.5 Å². The van der Waals surface area contributed by atoms with Crippen LogP contribution in [0.5, 0.6) is 0 Å². The van der Waals surface area contributed by atoms with E-state index in [1.54, 1.807) is 13.8 Å². The van der Waals surface area contributed by atoms with Crippen molar-refractivity contribution in [2.75, 3.05) is 13.2 Å². The smallest absolute Gasteiger partial charge is 0.324 e. The van der Waals surface area contributed by atoms with E-state index in [0.717, 1.165) is 24.8 Å². The van der Waals surface area contributed by atoms with Crippen LogP contribution in [0.25, 0.3) is 0 Å². The van der Waals surface area contributed by atoms with Crippen molar-refractivity contribution >= 4 is 11.9 Å². The normalized spacial score (nSPS) is 18.1. The molecule has 0 aromatic carbocycles. The third-order valence-corrected chi connectivity index (χ3v) is 3.75. The Balaban J connectivity index is 3.27. The Kier molecular flexibility index (Phi) is 6.66. The molecule has 0 N–H and O–H groups in total. The molecule has 0 aromatic rings. The SMILES string of the molecule is C=C(C)CC(C(=O)OCC)(C(=O)OCC)C1C=CCCC1. The largest absolute Gasteiger partial charge is 0.465 e. The van der Waals surface area contributed by atoms with Gasteiger partial charge in [-0.2, -0.15) is 0 Å². The number of hydrogen-bond donors (Lipinski definition) is 0. The Morgan fingerprint density at radius 2 is 1.81 bits per heavy atom. The number of hydrogen-bond acceptors (Lipinski definition) is 4. The Labute approximate surface area is 127 Å². The van der Waals surface area contributed by atoms with E-state index in [9.17, 15) is 9.59 Å². The van der Waals surface area contributed by atoms with Gasteiger partial charge in [-0.25, -0.2) is 0 Å². The molecule has 4 nitrogen and oxygen atoms in total. The van der Waals surface area contributed by atoms with E-state index >= 15 is 0 Å². The molecular formula is C17H26O4. The first-order valence-corrected chi connectivity index (χ1v) is 7.64. The first-order chi connectivity index (χ1) is 9.98. The zero-order chi connectivity index (χ0) is 15.9. The molecule has 0 saturated heterocycles. The zero-order valence-electron chi connectivity index (χ0n) is 13.3. The van der Waals surface area contributed by atoms with Crippen LogP contribution in [0.2, 0.25) is 0 Å². The molecule has 0 saturated carbocycles. The van der Waals surface area contributed by atoms with E-state index in [1.165, 1.54) is 0 Å². The summed E-state index contributed by atoms with van der Waals surface area (Å²) in [5.74, 6) is -1.19. The second-order valence-electron chi connectivity index (χ2n) is 5.51. The standard InChI is InChI=1S/C17H26O4/c1-5-20-15(18)17(12-13(3)4,16(19)21-6-2)14-10-8-7-9-11-14/h8,10,14H,3,5-7,9,11-12H2,1-2,4H3. The molecule has 1 rings (SSSR count). The van der Waals surface area contributed by atoms with E-state index in [1.807, 2.05) is 19.1 Å². The summed E-state index contributed by atoms with van der Waals surface area (Å²) in [6.45, 7) is 9.67. The molecule has 1 aliphatic carbocycles. The maximum absolute atomic E-state index is 12.6. The quantitative estimate of drug-likeness (QED) is 0.410. The number of carbonyl (C=O) groups is 2. The van der Waals surface area contributed by atoms with Crippen molar-refractivity contribution in [1.29, 1.82) is 0 Å². The lowest BCUT2D eigenvalue weighted by atomic mass is 9.68. The molecule has 0 aliphatic heterocycles. The third-order valence-electron chi connectivity index (χ3n) is 3.75. The van der Waals surface area contributed by atoms with E-state index in [2.05, 4.69) is 6.58 Å². The summed E-state index contributed by atoms with van der Waals surface area (Å²) in [6, 6.07) is 0. The Morgan fingerprint density at radius 3 is 2.19 bits per heavy atom. The summed E-state index contributed by atoms with van der Waals surface area (Å²) < 4.78 is 10.4.